The van der Waals surface area contributed by atoms with E-state index in [0.29, 0.717) is 32.1 Å². The Labute approximate surface area is 205 Å². The molecule has 10 nitrogen and oxygen atoms in total. The van der Waals surface area contributed by atoms with Gasteiger partial charge in [-0.25, -0.2) is 9.97 Å². The molecular formula is C23H26F3N7O3. The fraction of sp³-hybridized carbons (Fsp3) is 0.435. The number of nitrogens with zero attached hydrogens (tertiary/aromatic N) is 5. The molecule has 192 valence electrons. The largest absolute Gasteiger partial charge is 0.416 e. The van der Waals surface area contributed by atoms with Gasteiger partial charge in [-0.1, -0.05) is 6.07 Å². The molecule has 2 fully saturated rings. The van der Waals surface area contributed by atoms with Crippen molar-refractivity contribution in [2.24, 2.45) is 0 Å². The van der Waals surface area contributed by atoms with Crippen LogP contribution in [0.2, 0.25) is 0 Å². The lowest BCUT2D eigenvalue weighted by atomic mass is 10.1. The standard InChI is InChI=1S/C23H26F3N7O3/c24-23(25,26)16-3-1-4-17(13-16)30-19(34)14-18-21(36)27-7-8-33(18)20(35)15-31-9-11-32(12-10-31)22-28-5-2-6-29-22/h1-6,13,18H,7-12,14-15H2,(H,27,36)(H,30,34)/t18-/m0/s1. The fourth-order valence-electron chi connectivity index (χ4n) is 4.22. The van der Waals surface area contributed by atoms with Crippen molar-refractivity contribution in [3.05, 3.63) is 48.3 Å². The highest BCUT2D eigenvalue weighted by Crippen LogP contribution is 2.30. The van der Waals surface area contributed by atoms with Crippen LogP contribution >= 0.6 is 0 Å². The van der Waals surface area contributed by atoms with Gasteiger partial charge in [0.15, 0.2) is 0 Å². The van der Waals surface area contributed by atoms with Crippen LogP contribution in [0.4, 0.5) is 24.8 Å². The first-order valence-electron chi connectivity index (χ1n) is 11.5. The van der Waals surface area contributed by atoms with Gasteiger partial charge in [0.1, 0.15) is 6.04 Å². The maximum absolute atomic E-state index is 13.1. The lowest BCUT2D eigenvalue weighted by Gasteiger charge is -2.38. The van der Waals surface area contributed by atoms with E-state index in [4.69, 9.17) is 0 Å². The summed E-state index contributed by atoms with van der Waals surface area (Å²) in [5.41, 5.74) is -0.935. The van der Waals surface area contributed by atoms with Crippen molar-refractivity contribution in [2.75, 3.05) is 56.0 Å². The van der Waals surface area contributed by atoms with Gasteiger partial charge in [-0.2, -0.15) is 13.2 Å². The highest BCUT2D eigenvalue weighted by atomic mass is 19.4. The van der Waals surface area contributed by atoms with Gasteiger partial charge in [-0.05, 0) is 24.3 Å². The Bertz CT molecular complexity index is 1090. The van der Waals surface area contributed by atoms with Crippen molar-refractivity contribution in [3.8, 4) is 0 Å². The van der Waals surface area contributed by atoms with E-state index in [1.165, 1.54) is 17.0 Å². The maximum Gasteiger partial charge on any atom is 0.416 e. The second kappa shape index (κ2) is 10.9. The van der Waals surface area contributed by atoms with Gasteiger partial charge >= 0.3 is 6.18 Å². The number of piperazine rings is 2. The van der Waals surface area contributed by atoms with Crippen molar-refractivity contribution >= 4 is 29.4 Å². The molecule has 0 aliphatic carbocycles. The summed E-state index contributed by atoms with van der Waals surface area (Å²) in [7, 11) is 0. The van der Waals surface area contributed by atoms with E-state index in [1.807, 2.05) is 9.80 Å². The molecule has 1 atom stereocenters. The van der Waals surface area contributed by atoms with Crippen LogP contribution in [-0.2, 0) is 20.6 Å². The number of alkyl halides is 3. The maximum atomic E-state index is 13.1. The highest BCUT2D eigenvalue weighted by molar-refractivity contribution is 5.97. The third-order valence-corrected chi connectivity index (χ3v) is 6.07. The zero-order chi connectivity index (χ0) is 25.7. The molecule has 2 saturated heterocycles. The average molecular weight is 506 g/mol. The summed E-state index contributed by atoms with van der Waals surface area (Å²) < 4.78 is 38.8. The number of amides is 3. The smallest absolute Gasteiger partial charge is 0.353 e. The van der Waals surface area contributed by atoms with Crippen molar-refractivity contribution in [3.63, 3.8) is 0 Å². The monoisotopic (exact) mass is 505 g/mol. The molecule has 36 heavy (non-hydrogen) atoms. The van der Waals surface area contributed by atoms with E-state index in [2.05, 4.69) is 20.6 Å². The number of halogens is 3. The third-order valence-electron chi connectivity index (χ3n) is 6.07. The molecule has 1 aromatic carbocycles. The minimum Gasteiger partial charge on any atom is -0.353 e. The van der Waals surface area contributed by atoms with Gasteiger partial charge in [0, 0.05) is 57.3 Å². The number of anilines is 2. The predicted octanol–water partition coefficient (Wildman–Crippen LogP) is 0.973. The number of carbonyl (C=O) groups excluding carboxylic acids is 3. The minimum absolute atomic E-state index is 0.0378. The van der Waals surface area contributed by atoms with Crippen molar-refractivity contribution in [2.45, 2.75) is 18.6 Å². The topological polar surface area (TPSA) is 111 Å². The van der Waals surface area contributed by atoms with Gasteiger partial charge in [0.25, 0.3) is 0 Å². The molecule has 3 heterocycles. The van der Waals surface area contributed by atoms with E-state index in [1.54, 1.807) is 18.5 Å². The highest BCUT2D eigenvalue weighted by Gasteiger charge is 2.36. The number of hydrogen-bond donors (Lipinski definition) is 2. The molecule has 2 N–H and O–H groups in total. The van der Waals surface area contributed by atoms with E-state index >= 15 is 0 Å². The normalized spacial score (nSPS) is 19.1. The molecule has 13 heteroatoms. The van der Waals surface area contributed by atoms with Crippen LogP contribution in [0.3, 0.4) is 0 Å². The predicted molar refractivity (Wildman–Crippen MR) is 124 cm³/mol. The van der Waals surface area contributed by atoms with Crippen LogP contribution in [0.15, 0.2) is 42.7 Å². The second-order valence-electron chi connectivity index (χ2n) is 8.54. The third kappa shape index (κ3) is 6.27. The zero-order valence-corrected chi connectivity index (χ0v) is 19.4. The lowest BCUT2D eigenvalue weighted by molar-refractivity contribution is -0.145. The fourth-order valence-corrected chi connectivity index (χ4v) is 4.22. The van der Waals surface area contributed by atoms with Crippen LogP contribution in [0.25, 0.3) is 0 Å². The Balaban J connectivity index is 1.34. The van der Waals surface area contributed by atoms with E-state index < -0.39 is 29.6 Å². The van der Waals surface area contributed by atoms with Gasteiger partial charge < -0.3 is 20.4 Å². The molecule has 4 rings (SSSR count). The molecule has 0 spiro atoms. The van der Waals surface area contributed by atoms with Crippen LogP contribution in [0, 0.1) is 0 Å². The minimum atomic E-state index is -4.55. The lowest BCUT2D eigenvalue weighted by Crippen LogP contribution is -2.60. The quantitative estimate of drug-likeness (QED) is 0.602. The number of carbonyl (C=O) groups is 3. The van der Waals surface area contributed by atoms with E-state index in [9.17, 15) is 27.6 Å². The SMILES string of the molecule is O=C(C[C@H]1C(=O)NCCN1C(=O)CN1CCN(c2ncccn2)CC1)Nc1cccc(C(F)(F)F)c1. The number of benzene rings is 1. The molecule has 0 unspecified atom stereocenters. The number of nitrogens with one attached hydrogen (secondary N) is 2. The summed E-state index contributed by atoms with van der Waals surface area (Å²) in [4.78, 5) is 52.0. The summed E-state index contributed by atoms with van der Waals surface area (Å²) in [6.45, 7) is 3.07. The Morgan fingerprint density at radius 1 is 1.06 bits per heavy atom. The van der Waals surface area contributed by atoms with Gasteiger partial charge in [-0.3, -0.25) is 19.3 Å². The average Bonchev–Trinajstić information content (AvgIpc) is 2.86. The Kier molecular flexibility index (Phi) is 7.67. The van der Waals surface area contributed by atoms with Crippen LogP contribution in [0.5, 0.6) is 0 Å². The molecule has 0 radical (unpaired) electrons. The summed E-state index contributed by atoms with van der Waals surface area (Å²) in [6, 6.07) is 4.93. The Morgan fingerprint density at radius 3 is 2.47 bits per heavy atom. The first-order chi connectivity index (χ1) is 17.2. The molecule has 2 aliphatic rings. The van der Waals surface area contributed by atoms with Crippen molar-refractivity contribution in [1.29, 1.82) is 0 Å². The number of rotatable bonds is 6. The Morgan fingerprint density at radius 2 is 1.78 bits per heavy atom. The van der Waals surface area contributed by atoms with E-state index in [-0.39, 0.29) is 37.6 Å². The molecule has 2 aromatic rings. The Hall–Kier alpha value is -3.74. The second-order valence-corrected chi connectivity index (χ2v) is 8.54. The molecular weight excluding hydrogens is 479 g/mol. The van der Waals surface area contributed by atoms with E-state index in [0.717, 1.165) is 12.1 Å². The van der Waals surface area contributed by atoms with Crippen molar-refractivity contribution in [1.82, 2.24) is 25.1 Å². The van der Waals surface area contributed by atoms with Gasteiger partial charge in [-0.15, -0.1) is 0 Å². The molecule has 1 aromatic heterocycles. The molecule has 0 saturated carbocycles. The zero-order valence-electron chi connectivity index (χ0n) is 19.4. The van der Waals surface area contributed by atoms with Crippen LogP contribution in [-0.4, -0.2) is 89.3 Å². The van der Waals surface area contributed by atoms with Crippen LogP contribution < -0.4 is 15.5 Å². The molecule has 2 aliphatic heterocycles. The van der Waals surface area contributed by atoms with Crippen LogP contribution in [0.1, 0.15) is 12.0 Å². The number of aromatic nitrogens is 2. The van der Waals surface area contributed by atoms with Crippen molar-refractivity contribution < 1.29 is 27.6 Å². The molecule has 0 bridgehead atoms. The first kappa shape index (κ1) is 25.4. The summed E-state index contributed by atoms with van der Waals surface area (Å²) in [5, 5.41) is 5.05. The number of hydrogen-bond acceptors (Lipinski definition) is 7. The van der Waals surface area contributed by atoms with Gasteiger partial charge in [0.05, 0.1) is 18.5 Å². The summed E-state index contributed by atoms with van der Waals surface area (Å²) >= 11 is 0. The summed E-state index contributed by atoms with van der Waals surface area (Å²) in [6.07, 6.45) is -1.58. The van der Waals surface area contributed by atoms with Gasteiger partial charge in [0.2, 0.25) is 23.7 Å². The molecule has 3 amide bonds. The summed E-state index contributed by atoms with van der Waals surface area (Å²) in [5.74, 6) is -0.792. The first-order valence-corrected chi connectivity index (χ1v) is 11.5.